The molecular weight excluding hydrogens is 365 g/mol. The molecule has 25 heavy (non-hydrogen) atoms. The summed E-state index contributed by atoms with van der Waals surface area (Å²) in [5, 5.41) is 0. The normalized spacial score (nSPS) is 10.2. The molecule has 134 valence electrons. The Labute approximate surface area is 135 Å². The highest BCUT2D eigenvalue weighted by atomic mass is 19.2. The standard InChI is InChI=1S/C8H3F4N.C7H3F5/c1-3-4(9)6(11)8(13-2)7(12)5(3)10;1-2-3(8)5(10)7(12)6(11)4(2)9/h1H3;1H3. The predicted molar refractivity (Wildman–Crippen MR) is 68.2 cm³/mol. The highest BCUT2D eigenvalue weighted by Crippen LogP contribution is 2.29. The van der Waals surface area contributed by atoms with Crippen molar-refractivity contribution in [2.45, 2.75) is 13.8 Å². The number of rotatable bonds is 0. The monoisotopic (exact) mass is 371 g/mol. The first-order valence-corrected chi connectivity index (χ1v) is 6.15. The quantitative estimate of drug-likeness (QED) is 0.239. The van der Waals surface area contributed by atoms with E-state index < -0.39 is 69.2 Å². The average Bonchev–Trinajstić information content (AvgIpc) is 2.61. The molecule has 0 amide bonds. The van der Waals surface area contributed by atoms with E-state index in [0.29, 0.717) is 0 Å². The minimum Gasteiger partial charge on any atom is -0.232 e. The third kappa shape index (κ3) is 3.55. The second kappa shape index (κ2) is 7.46. The molecule has 0 heterocycles. The number of hydrogen-bond donors (Lipinski definition) is 0. The lowest BCUT2D eigenvalue weighted by atomic mass is 10.2. The molecule has 0 aliphatic heterocycles. The Morgan fingerprint density at radius 1 is 0.480 bits per heavy atom. The first-order chi connectivity index (χ1) is 11.5. The summed E-state index contributed by atoms with van der Waals surface area (Å²) in [7, 11) is 0. The minimum atomic E-state index is -2.13. The maximum absolute atomic E-state index is 12.7. The molecule has 10 heteroatoms. The molecule has 2 aromatic carbocycles. The zero-order valence-corrected chi connectivity index (χ0v) is 12.3. The fraction of sp³-hybridized carbons (Fsp3) is 0.133. The molecule has 0 aromatic heterocycles. The van der Waals surface area contributed by atoms with Crippen molar-refractivity contribution in [1.29, 1.82) is 0 Å². The number of hydrogen-bond acceptors (Lipinski definition) is 0. The van der Waals surface area contributed by atoms with Crippen LogP contribution in [0.25, 0.3) is 4.85 Å². The van der Waals surface area contributed by atoms with Crippen LogP contribution in [0.15, 0.2) is 0 Å². The van der Waals surface area contributed by atoms with E-state index in [-0.39, 0.29) is 0 Å². The van der Waals surface area contributed by atoms with Gasteiger partial charge in [-0.2, -0.15) is 0 Å². The van der Waals surface area contributed by atoms with Gasteiger partial charge in [-0.25, -0.2) is 44.4 Å². The van der Waals surface area contributed by atoms with E-state index in [4.69, 9.17) is 6.57 Å². The zero-order valence-electron chi connectivity index (χ0n) is 12.3. The highest BCUT2D eigenvalue weighted by molar-refractivity contribution is 5.50. The molecule has 0 aliphatic rings. The van der Waals surface area contributed by atoms with Gasteiger partial charge in [0.2, 0.25) is 5.82 Å². The van der Waals surface area contributed by atoms with Gasteiger partial charge in [0.1, 0.15) is 0 Å². The Balaban J connectivity index is 0.000000251. The summed E-state index contributed by atoms with van der Waals surface area (Å²) in [6.07, 6.45) is 0. The van der Waals surface area contributed by atoms with Gasteiger partial charge in [0.15, 0.2) is 46.5 Å². The van der Waals surface area contributed by atoms with Crippen LogP contribution in [-0.4, -0.2) is 0 Å². The van der Waals surface area contributed by atoms with Crippen molar-refractivity contribution in [1.82, 2.24) is 0 Å². The van der Waals surface area contributed by atoms with E-state index >= 15 is 0 Å². The van der Waals surface area contributed by atoms with Crippen molar-refractivity contribution in [3.8, 4) is 0 Å². The maximum Gasteiger partial charge on any atom is 0.262 e. The fourth-order valence-electron chi connectivity index (χ4n) is 1.54. The lowest BCUT2D eigenvalue weighted by Crippen LogP contribution is -2.03. The minimum absolute atomic E-state index is 0.762. The molecule has 0 spiro atoms. The SMILES string of the molecule is Cc1c(F)c(F)c(F)c(F)c1F.[C-]#[N+]c1c(F)c(F)c(C)c(F)c1F. The van der Waals surface area contributed by atoms with Crippen molar-refractivity contribution in [3.05, 3.63) is 74.9 Å². The van der Waals surface area contributed by atoms with Gasteiger partial charge < -0.3 is 0 Å². The van der Waals surface area contributed by atoms with Crippen LogP contribution in [0, 0.1) is 72.8 Å². The van der Waals surface area contributed by atoms with Crippen molar-refractivity contribution < 1.29 is 39.5 Å². The fourth-order valence-corrected chi connectivity index (χ4v) is 1.54. The van der Waals surface area contributed by atoms with Crippen LogP contribution in [-0.2, 0) is 0 Å². The Kier molecular flexibility index (Phi) is 6.07. The van der Waals surface area contributed by atoms with E-state index in [1.54, 1.807) is 0 Å². The lowest BCUT2D eigenvalue weighted by Gasteiger charge is -2.03. The van der Waals surface area contributed by atoms with Gasteiger partial charge in [0.05, 0.1) is 6.57 Å². The van der Waals surface area contributed by atoms with E-state index in [2.05, 4.69) is 4.85 Å². The van der Waals surface area contributed by atoms with E-state index in [9.17, 15) is 39.5 Å². The number of nitrogens with zero attached hydrogens (tertiary/aromatic N) is 1. The van der Waals surface area contributed by atoms with Crippen LogP contribution >= 0.6 is 0 Å². The van der Waals surface area contributed by atoms with Crippen LogP contribution in [0.3, 0.4) is 0 Å². The van der Waals surface area contributed by atoms with Crippen molar-refractivity contribution >= 4 is 5.69 Å². The number of benzene rings is 2. The molecule has 0 unspecified atom stereocenters. The molecule has 0 saturated heterocycles. The molecule has 0 N–H and O–H groups in total. The van der Waals surface area contributed by atoms with Crippen LogP contribution in [0.2, 0.25) is 0 Å². The molecule has 0 atom stereocenters. The van der Waals surface area contributed by atoms with Gasteiger partial charge in [-0.05, 0) is 13.8 Å². The molecule has 0 bridgehead atoms. The second-order valence-electron chi connectivity index (χ2n) is 4.54. The summed E-state index contributed by atoms with van der Waals surface area (Å²) in [5.74, 6) is -15.9. The van der Waals surface area contributed by atoms with E-state index in [0.717, 1.165) is 13.8 Å². The molecule has 1 nitrogen and oxygen atoms in total. The highest BCUT2D eigenvalue weighted by Gasteiger charge is 2.23. The maximum atomic E-state index is 12.7. The van der Waals surface area contributed by atoms with Gasteiger partial charge in [-0.15, -0.1) is 0 Å². The molecule has 0 radical (unpaired) electrons. The third-order valence-electron chi connectivity index (χ3n) is 3.00. The molecule has 2 aromatic rings. The number of halogens is 9. The Hall–Kier alpha value is -2.70. The van der Waals surface area contributed by atoms with E-state index in [1.807, 2.05) is 0 Å². The summed E-state index contributed by atoms with van der Waals surface area (Å²) in [4.78, 5) is 2.35. The molecule has 2 rings (SSSR count). The second-order valence-corrected chi connectivity index (χ2v) is 4.54. The Morgan fingerprint density at radius 3 is 1.00 bits per heavy atom. The summed E-state index contributed by atoms with van der Waals surface area (Å²) in [6.45, 7) is 8.01. The van der Waals surface area contributed by atoms with Crippen molar-refractivity contribution in [2.24, 2.45) is 0 Å². The van der Waals surface area contributed by atoms with Crippen LogP contribution in [0.4, 0.5) is 45.2 Å². The summed E-state index contributed by atoms with van der Waals surface area (Å²) >= 11 is 0. The van der Waals surface area contributed by atoms with E-state index in [1.165, 1.54) is 0 Å². The predicted octanol–water partition coefficient (Wildman–Crippen LogP) is 5.79. The van der Waals surface area contributed by atoms with Gasteiger partial charge in [-0.3, -0.25) is 0 Å². The van der Waals surface area contributed by atoms with Gasteiger partial charge in [0.25, 0.3) is 5.69 Å². The average molecular weight is 371 g/mol. The zero-order chi connectivity index (χ0) is 19.6. The molecule has 0 aliphatic carbocycles. The van der Waals surface area contributed by atoms with Crippen molar-refractivity contribution in [3.63, 3.8) is 0 Å². The first kappa shape index (κ1) is 20.3. The first-order valence-electron chi connectivity index (χ1n) is 6.15. The lowest BCUT2D eigenvalue weighted by molar-refractivity contribution is 0.373. The third-order valence-corrected chi connectivity index (χ3v) is 3.00. The van der Waals surface area contributed by atoms with Gasteiger partial charge >= 0.3 is 0 Å². The molecule has 0 fully saturated rings. The molecular formula is C15H6F9N. The van der Waals surface area contributed by atoms with Gasteiger partial charge in [-0.1, -0.05) is 0 Å². The molecule has 0 saturated carbocycles. The topological polar surface area (TPSA) is 4.36 Å². The summed E-state index contributed by atoms with van der Waals surface area (Å²) in [5.41, 5.74) is -2.88. The van der Waals surface area contributed by atoms with Crippen molar-refractivity contribution in [2.75, 3.05) is 0 Å². The van der Waals surface area contributed by atoms with Crippen LogP contribution in [0.1, 0.15) is 11.1 Å². The van der Waals surface area contributed by atoms with Gasteiger partial charge in [0, 0.05) is 11.1 Å². The largest absolute Gasteiger partial charge is 0.262 e. The summed E-state index contributed by atoms with van der Waals surface area (Å²) in [6, 6.07) is 0. The smallest absolute Gasteiger partial charge is 0.232 e. The Bertz CT molecular complexity index is 750. The summed E-state index contributed by atoms with van der Waals surface area (Å²) < 4.78 is 112. The Morgan fingerprint density at radius 2 is 0.720 bits per heavy atom. The van der Waals surface area contributed by atoms with Crippen LogP contribution in [0.5, 0.6) is 0 Å². The van der Waals surface area contributed by atoms with Crippen LogP contribution < -0.4 is 0 Å².